The molecule has 3 rings (SSSR count). The lowest BCUT2D eigenvalue weighted by Crippen LogP contribution is -2.15. The van der Waals surface area contributed by atoms with Crippen LogP contribution in [-0.4, -0.2) is 17.7 Å². The van der Waals surface area contributed by atoms with Gasteiger partial charge in [0.2, 0.25) is 0 Å². The van der Waals surface area contributed by atoms with Crippen LogP contribution in [0.2, 0.25) is 0 Å². The van der Waals surface area contributed by atoms with E-state index >= 15 is 0 Å². The van der Waals surface area contributed by atoms with Crippen LogP contribution in [0.25, 0.3) is 10.9 Å². The van der Waals surface area contributed by atoms with Gasteiger partial charge in [-0.3, -0.25) is 4.98 Å². The Hall–Kier alpha value is -1.45. The molecule has 0 saturated carbocycles. The fourth-order valence-corrected chi connectivity index (χ4v) is 2.82. The van der Waals surface area contributed by atoms with Crippen molar-refractivity contribution < 1.29 is 4.74 Å². The summed E-state index contributed by atoms with van der Waals surface area (Å²) in [6.07, 6.45) is 6.62. The maximum absolute atomic E-state index is 6.34. The van der Waals surface area contributed by atoms with Crippen LogP contribution >= 0.6 is 0 Å². The van der Waals surface area contributed by atoms with Crippen LogP contribution in [-0.2, 0) is 4.74 Å². The first-order chi connectivity index (χ1) is 9.34. The van der Waals surface area contributed by atoms with E-state index < -0.39 is 0 Å². The van der Waals surface area contributed by atoms with E-state index in [1.165, 1.54) is 12.8 Å². The first kappa shape index (κ1) is 12.6. The van der Waals surface area contributed by atoms with E-state index in [9.17, 15) is 0 Å². The summed E-state index contributed by atoms with van der Waals surface area (Å²) >= 11 is 0. The molecule has 0 radical (unpaired) electrons. The van der Waals surface area contributed by atoms with Gasteiger partial charge < -0.3 is 10.5 Å². The molecule has 1 fully saturated rings. The molecule has 2 N–H and O–H groups in total. The van der Waals surface area contributed by atoms with E-state index in [-0.39, 0.29) is 6.04 Å². The summed E-state index contributed by atoms with van der Waals surface area (Å²) in [5.41, 5.74) is 8.53. The lowest BCUT2D eigenvalue weighted by atomic mass is 9.98. The first-order valence-corrected chi connectivity index (χ1v) is 7.05. The number of aromatic nitrogens is 1. The van der Waals surface area contributed by atoms with Crippen molar-refractivity contribution in [3.05, 3.63) is 42.1 Å². The van der Waals surface area contributed by atoms with Crippen LogP contribution in [0.4, 0.5) is 0 Å². The molecule has 100 valence electrons. The molecule has 0 aliphatic carbocycles. The zero-order chi connectivity index (χ0) is 13.1. The van der Waals surface area contributed by atoms with Gasteiger partial charge in [-0.25, -0.2) is 0 Å². The highest BCUT2D eigenvalue weighted by molar-refractivity contribution is 5.81. The van der Waals surface area contributed by atoms with E-state index in [0.717, 1.165) is 35.9 Å². The molecule has 2 aromatic rings. The van der Waals surface area contributed by atoms with Gasteiger partial charge in [-0.1, -0.05) is 24.3 Å². The number of hydrogen-bond acceptors (Lipinski definition) is 3. The van der Waals surface area contributed by atoms with Gasteiger partial charge in [0.05, 0.1) is 11.6 Å². The average molecular weight is 256 g/mol. The molecule has 19 heavy (non-hydrogen) atoms. The van der Waals surface area contributed by atoms with E-state index in [0.29, 0.717) is 6.10 Å². The minimum Gasteiger partial charge on any atom is -0.378 e. The molecule has 1 aliphatic rings. The lowest BCUT2D eigenvalue weighted by Gasteiger charge is -2.16. The third-order valence-corrected chi connectivity index (χ3v) is 3.89. The fourth-order valence-electron chi connectivity index (χ4n) is 2.82. The molecule has 1 aromatic carbocycles. The molecule has 0 spiro atoms. The van der Waals surface area contributed by atoms with Crippen LogP contribution in [0.15, 0.2) is 36.5 Å². The van der Waals surface area contributed by atoms with E-state index in [2.05, 4.69) is 29.2 Å². The molecule has 3 nitrogen and oxygen atoms in total. The molecule has 3 heteroatoms. The van der Waals surface area contributed by atoms with Crippen LogP contribution in [0.3, 0.4) is 0 Å². The normalized spacial score (nSPS) is 20.8. The molecule has 2 heterocycles. The molecule has 0 bridgehead atoms. The van der Waals surface area contributed by atoms with E-state index in [4.69, 9.17) is 10.5 Å². The zero-order valence-corrected chi connectivity index (χ0v) is 11.1. The van der Waals surface area contributed by atoms with E-state index in [1.807, 2.05) is 12.3 Å². The smallest absolute Gasteiger partial charge is 0.0749 e. The Morgan fingerprint density at radius 1 is 1.32 bits per heavy atom. The second-order valence-corrected chi connectivity index (χ2v) is 5.24. The molecule has 1 aromatic heterocycles. The topological polar surface area (TPSA) is 48.1 Å². The Balaban J connectivity index is 1.75. The van der Waals surface area contributed by atoms with Gasteiger partial charge in [-0.15, -0.1) is 0 Å². The molecule has 2 atom stereocenters. The third-order valence-electron chi connectivity index (χ3n) is 3.89. The molecular formula is C16H20N2O. The second-order valence-electron chi connectivity index (χ2n) is 5.24. The minimum atomic E-state index is 0.0443. The Kier molecular flexibility index (Phi) is 3.76. The highest BCUT2D eigenvalue weighted by atomic mass is 16.5. The number of pyridine rings is 1. The standard InChI is InChI=1S/C16H20N2O/c17-15(9-8-13-6-3-11-19-13)14-7-1-4-12-5-2-10-18-16(12)14/h1-2,4-5,7,10,13,15H,3,6,8-9,11,17H2. The minimum absolute atomic E-state index is 0.0443. The highest BCUT2D eigenvalue weighted by Crippen LogP contribution is 2.26. The molecular weight excluding hydrogens is 236 g/mol. The van der Waals surface area contributed by atoms with Crippen molar-refractivity contribution in [2.45, 2.75) is 37.8 Å². The van der Waals surface area contributed by atoms with Crippen molar-refractivity contribution in [2.75, 3.05) is 6.61 Å². The van der Waals surface area contributed by atoms with Crippen LogP contribution in [0.5, 0.6) is 0 Å². The van der Waals surface area contributed by atoms with Gasteiger partial charge >= 0.3 is 0 Å². The van der Waals surface area contributed by atoms with Crippen LogP contribution in [0.1, 0.15) is 37.3 Å². The predicted octanol–water partition coefficient (Wildman–Crippen LogP) is 3.19. The van der Waals surface area contributed by atoms with Gasteiger partial charge in [-0.05, 0) is 37.3 Å². The van der Waals surface area contributed by atoms with Crippen molar-refractivity contribution >= 4 is 10.9 Å². The fraction of sp³-hybridized carbons (Fsp3) is 0.438. The maximum atomic E-state index is 6.34. The Morgan fingerprint density at radius 2 is 2.21 bits per heavy atom. The van der Waals surface area contributed by atoms with Gasteiger partial charge in [0.15, 0.2) is 0 Å². The second kappa shape index (κ2) is 5.68. The number of nitrogens with two attached hydrogens (primary N) is 1. The number of fused-ring (bicyclic) bond motifs is 1. The van der Waals surface area contributed by atoms with Gasteiger partial charge in [0.1, 0.15) is 0 Å². The van der Waals surface area contributed by atoms with Crippen LogP contribution in [0, 0.1) is 0 Å². The Bertz CT molecular complexity index is 544. The van der Waals surface area contributed by atoms with Crippen molar-refractivity contribution in [1.29, 1.82) is 0 Å². The Labute approximate surface area is 113 Å². The third kappa shape index (κ3) is 2.77. The molecule has 0 amide bonds. The summed E-state index contributed by atoms with van der Waals surface area (Å²) in [7, 11) is 0. The van der Waals surface area contributed by atoms with Crippen molar-refractivity contribution in [2.24, 2.45) is 5.73 Å². The number of hydrogen-bond donors (Lipinski definition) is 1. The van der Waals surface area contributed by atoms with Gasteiger partial charge in [0, 0.05) is 24.2 Å². The molecule has 1 aliphatic heterocycles. The summed E-state index contributed by atoms with van der Waals surface area (Å²) in [5.74, 6) is 0. The van der Waals surface area contributed by atoms with Crippen LogP contribution < -0.4 is 5.73 Å². The van der Waals surface area contributed by atoms with E-state index in [1.54, 1.807) is 0 Å². The largest absolute Gasteiger partial charge is 0.378 e. The maximum Gasteiger partial charge on any atom is 0.0749 e. The summed E-state index contributed by atoms with van der Waals surface area (Å²) < 4.78 is 5.66. The number of nitrogens with zero attached hydrogens (tertiary/aromatic N) is 1. The zero-order valence-electron chi connectivity index (χ0n) is 11.1. The highest BCUT2D eigenvalue weighted by Gasteiger charge is 2.18. The van der Waals surface area contributed by atoms with Crippen molar-refractivity contribution in [3.8, 4) is 0 Å². The van der Waals surface area contributed by atoms with Gasteiger partial charge in [0.25, 0.3) is 0 Å². The summed E-state index contributed by atoms with van der Waals surface area (Å²) in [6, 6.07) is 10.3. The lowest BCUT2D eigenvalue weighted by molar-refractivity contribution is 0.101. The Morgan fingerprint density at radius 3 is 3.05 bits per heavy atom. The summed E-state index contributed by atoms with van der Waals surface area (Å²) in [6.45, 7) is 0.912. The monoisotopic (exact) mass is 256 g/mol. The molecule has 1 saturated heterocycles. The number of rotatable bonds is 4. The quantitative estimate of drug-likeness (QED) is 0.913. The van der Waals surface area contributed by atoms with Crippen molar-refractivity contribution in [3.63, 3.8) is 0 Å². The molecule has 2 unspecified atom stereocenters. The predicted molar refractivity (Wildman–Crippen MR) is 76.9 cm³/mol. The number of para-hydroxylation sites is 1. The SMILES string of the molecule is NC(CCC1CCCO1)c1cccc2cccnc12. The van der Waals surface area contributed by atoms with Crippen molar-refractivity contribution in [1.82, 2.24) is 4.98 Å². The number of ether oxygens (including phenoxy) is 1. The summed E-state index contributed by atoms with van der Waals surface area (Å²) in [5, 5.41) is 1.16. The average Bonchev–Trinajstić information content (AvgIpc) is 2.97. The van der Waals surface area contributed by atoms with Gasteiger partial charge in [-0.2, -0.15) is 0 Å². The number of benzene rings is 1. The first-order valence-electron chi connectivity index (χ1n) is 7.05. The summed E-state index contributed by atoms with van der Waals surface area (Å²) in [4.78, 5) is 4.47.